The lowest BCUT2D eigenvalue weighted by molar-refractivity contribution is -0.238. The van der Waals surface area contributed by atoms with Gasteiger partial charge in [0.05, 0.1) is 0 Å². The van der Waals surface area contributed by atoms with Gasteiger partial charge in [-0.25, -0.2) is 0 Å². The van der Waals surface area contributed by atoms with Crippen LogP contribution in [0.25, 0.3) is 0 Å². The number of carbonyl (C=O) groups is 3. The van der Waals surface area contributed by atoms with Gasteiger partial charge < -0.3 is 9.47 Å². The molecule has 1 saturated heterocycles. The summed E-state index contributed by atoms with van der Waals surface area (Å²) in [4.78, 5) is 34.5. The summed E-state index contributed by atoms with van der Waals surface area (Å²) in [6.45, 7) is 4.83. The van der Waals surface area contributed by atoms with E-state index in [2.05, 4.69) is 0 Å². The summed E-state index contributed by atoms with van der Waals surface area (Å²) in [5, 5.41) is 0. The van der Waals surface area contributed by atoms with Crippen LogP contribution < -0.4 is 0 Å². The Bertz CT molecular complexity index is 298. The summed E-state index contributed by atoms with van der Waals surface area (Å²) in [6.07, 6.45) is 1.68. The smallest absolute Gasteiger partial charge is 0.331 e. The van der Waals surface area contributed by atoms with Gasteiger partial charge in [-0.05, 0) is 6.42 Å². The molecule has 0 spiro atoms. The van der Waals surface area contributed by atoms with Gasteiger partial charge in [-0.15, -0.1) is 0 Å². The Labute approximate surface area is 94.1 Å². The van der Waals surface area contributed by atoms with Gasteiger partial charge in [-0.3, -0.25) is 14.4 Å². The van der Waals surface area contributed by atoms with Crippen LogP contribution in [-0.4, -0.2) is 23.5 Å². The highest BCUT2D eigenvalue weighted by molar-refractivity contribution is 6.15. The third-order valence-electron chi connectivity index (χ3n) is 2.26. The van der Waals surface area contributed by atoms with Gasteiger partial charge in [-0.2, -0.15) is 0 Å². The molecule has 90 valence electrons. The van der Waals surface area contributed by atoms with E-state index in [0.29, 0.717) is 6.42 Å². The lowest BCUT2D eigenvalue weighted by Gasteiger charge is -2.32. The van der Waals surface area contributed by atoms with Gasteiger partial charge in [0, 0.05) is 20.3 Å². The van der Waals surface area contributed by atoms with E-state index in [0.717, 1.165) is 6.42 Å². The van der Waals surface area contributed by atoms with E-state index >= 15 is 0 Å². The van der Waals surface area contributed by atoms with Gasteiger partial charge in [0.2, 0.25) is 5.92 Å². The molecule has 1 rings (SSSR count). The van der Waals surface area contributed by atoms with Crippen molar-refractivity contribution >= 4 is 17.7 Å². The number of unbranched alkanes of at least 4 members (excludes halogenated alkanes) is 1. The highest BCUT2D eigenvalue weighted by atomic mass is 16.7. The monoisotopic (exact) mass is 228 g/mol. The molecular weight excluding hydrogens is 212 g/mol. The molecule has 0 aromatic carbocycles. The SMILES string of the molecule is CCCCC(=O)C1C(=O)OC(C)(C)OC1=O. The van der Waals surface area contributed by atoms with Crippen LogP contribution in [0.2, 0.25) is 0 Å². The van der Waals surface area contributed by atoms with Crippen molar-refractivity contribution in [3.05, 3.63) is 0 Å². The van der Waals surface area contributed by atoms with Crippen LogP contribution in [-0.2, 0) is 23.9 Å². The Balaban J connectivity index is 2.71. The van der Waals surface area contributed by atoms with Crippen LogP contribution in [0.4, 0.5) is 0 Å². The van der Waals surface area contributed by atoms with Crippen LogP contribution >= 0.6 is 0 Å². The number of esters is 2. The molecule has 0 N–H and O–H groups in total. The van der Waals surface area contributed by atoms with Gasteiger partial charge in [0.15, 0.2) is 5.78 Å². The average molecular weight is 228 g/mol. The van der Waals surface area contributed by atoms with Crippen LogP contribution in [0.3, 0.4) is 0 Å². The molecule has 0 saturated carbocycles. The summed E-state index contributed by atoms with van der Waals surface area (Å²) in [7, 11) is 0. The number of hydrogen-bond donors (Lipinski definition) is 0. The number of ether oxygens (including phenoxy) is 2. The van der Waals surface area contributed by atoms with Crippen molar-refractivity contribution in [1.82, 2.24) is 0 Å². The van der Waals surface area contributed by atoms with E-state index in [-0.39, 0.29) is 6.42 Å². The van der Waals surface area contributed by atoms with Gasteiger partial charge in [0.1, 0.15) is 0 Å². The minimum atomic E-state index is -1.39. The number of hydrogen-bond acceptors (Lipinski definition) is 5. The van der Waals surface area contributed by atoms with Gasteiger partial charge in [0.25, 0.3) is 5.79 Å². The number of Topliss-reactive ketones (excluding diaryl/α,β-unsaturated/α-hetero) is 1. The first-order valence-electron chi connectivity index (χ1n) is 5.36. The summed E-state index contributed by atoms with van der Waals surface area (Å²) < 4.78 is 9.71. The first kappa shape index (κ1) is 12.7. The fourth-order valence-electron chi connectivity index (χ4n) is 1.48. The maximum absolute atomic E-state index is 11.6. The lowest BCUT2D eigenvalue weighted by atomic mass is 9.98. The molecule has 16 heavy (non-hydrogen) atoms. The van der Waals surface area contributed by atoms with E-state index < -0.39 is 29.4 Å². The summed E-state index contributed by atoms with van der Waals surface area (Å²) in [5.74, 6) is -4.69. The van der Waals surface area contributed by atoms with Crippen LogP contribution in [0, 0.1) is 5.92 Å². The fraction of sp³-hybridized carbons (Fsp3) is 0.727. The average Bonchev–Trinajstić information content (AvgIpc) is 2.11. The number of carbonyl (C=O) groups excluding carboxylic acids is 3. The summed E-state index contributed by atoms with van der Waals surface area (Å²) >= 11 is 0. The normalized spacial score (nSPS) is 20.2. The largest absolute Gasteiger partial charge is 0.422 e. The second-order valence-electron chi connectivity index (χ2n) is 4.24. The summed E-state index contributed by atoms with van der Waals surface area (Å²) in [6, 6.07) is 0. The molecule has 0 bridgehead atoms. The number of cyclic esters (lactones) is 2. The van der Waals surface area contributed by atoms with Crippen LogP contribution in [0.1, 0.15) is 40.0 Å². The molecule has 5 heteroatoms. The third-order valence-corrected chi connectivity index (χ3v) is 2.26. The Kier molecular flexibility index (Phi) is 3.67. The summed E-state index contributed by atoms with van der Waals surface area (Å²) in [5.41, 5.74) is 0. The van der Waals surface area contributed by atoms with Crippen molar-refractivity contribution in [3.8, 4) is 0 Å². The second-order valence-corrected chi connectivity index (χ2v) is 4.24. The van der Waals surface area contributed by atoms with Crippen molar-refractivity contribution < 1.29 is 23.9 Å². The van der Waals surface area contributed by atoms with Gasteiger partial charge >= 0.3 is 11.9 Å². The fourth-order valence-corrected chi connectivity index (χ4v) is 1.48. The maximum Gasteiger partial charge on any atom is 0.331 e. The number of rotatable bonds is 4. The predicted molar refractivity (Wildman–Crippen MR) is 54.3 cm³/mol. The van der Waals surface area contributed by atoms with Crippen LogP contribution in [0.15, 0.2) is 0 Å². The first-order valence-corrected chi connectivity index (χ1v) is 5.36. The van der Waals surface area contributed by atoms with Crippen molar-refractivity contribution in [2.45, 2.75) is 45.8 Å². The molecule has 1 aliphatic heterocycles. The molecule has 0 atom stereocenters. The van der Waals surface area contributed by atoms with Crippen molar-refractivity contribution in [2.75, 3.05) is 0 Å². The molecule has 1 heterocycles. The minimum Gasteiger partial charge on any atom is -0.422 e. The first-order chi connectivity index (χ1) is 7.37. The van der Waals surface area contributed by atoms with Crippen LogP contribution in [0.5, 0.6) is 0 Å². The van der Waals surface area contributed by atoms with E-state index in [9.17, 15) is 14.4 Å². The third kappa shape index (κ3) is 2.81. The molecule has 0 aromatic heterocycles. The van der Waals surface area contributed by atoms with Crippen molar-refractivity contribution in [1.29, 1.82) is 0 Å². The van der Waals surface area contributed by atoms with E-state index in [4.69, 9.17) is 9.47 Å². The van der Waals surface area contributed by atoms with Gasteiger partial charge in [-0.1, -0.05) is 13.3 Å². The minimum absolute atomic E-state index is 0.200. The zero-order chi connectivity index (χ0) is 12.3. The molecular formula is C11H16O5. The Hall–Kier alpha value is -1.39. The molecule has 0 radical (unpaired) electrons. The zero-order valence-corrected chi connectivity index (χ0v) is 9.74. The number of ketones is 1. The molecule has 1 fully saturated rings. The van der Waals surface area contributed by atoms with Crippen molar-refractivity contribution in [3.63, 3.8) is 0 Å². The predicted octanol–water partition coefficient (Wildman–Crippen LogP) is 1.20. The molecule has 0 unspecified atom stereocenters. The Morgan fingerprint density at radius 3 is 2.19 bits per heavy atom. The molecule has 5 nitrogen and oxygen atoms in total. The second kappa shape index (κ2) is 4.63. The van der Waals surface area contributed by atoms with E-state index in [1.165, 1.54) is 13.8 Å². The molecule has 0 aromatic rings. The molecule has 0 amide bonds. The molecule has 1 aliphatic rings. The highest BCUT2D eigenvalue weighted by Crippen LogP contribution is 2.24. The topological polar surface area (TPSA) is 69.7 Å². The van der Waals surface area contributed by atoms with E-state index in [1.54, 1.807) is 0 Å². The highest BCUT2D eigenvalue weighted by Gasteiger charge is 2.46. The maximum atomic E-state index is 11.6. The quantitative estimate of drug-likeness (QED) is 0.534. The lowest BCUT2D eigenvalue weighted by Crippen LogP contribution is -2.49. The van der Waals surface area contributed by atoms with E-state index in [1.807, 2.05) is 6.92 Å². The van der Waals surface area contributed by atoms with Crippen molar-refractivity contribution in [2.24, 2.45) is 5.92 Å². The zero-order valence-electron chi connectivity index (χ0n) is 9.74. The standard InChI is InChI=1S/C11H16O5/c1-4-5-6-7(12)8-9(13)15-11(2,3)16-10(8)14/h8H,4-6H2,1-3H3. The Morgan fingerprint density at radius 2 is 1.75 bits per heavy atom. The molecule has 0 aliphatic carbocycles. The Morgan fingerprint density at radius 1 is 1.25 bits per heavy atom.